The Morgan fingerprint density at radius 1 is 1.04 bits per heavy atom. The molecule has 1 aromatic rings. The zero-order valence-electron chi connectivity index (χ0n) is 25.9. The van der Waals surface area contributed by atoms with Crippen molar-refractivity contribution in [3.05, 3.63) is 64.8 Å². The molecule has 4 atom stereocenters. The number of piperazine rings is 1. The number of hydrogen-bond donors (Lipinski definition) is 3. The molecule has 1 aliphatic carbocycles. The van der Waals surface area contributed by atoms with Gasteiger partial charge < -0.3 is 34.9 Å². The lowest BCUT2D eigenvalue weighted by atomic mass is 9.89. The first kappa shape index (κ1) is 36.3. The van der Waals surface area contributed by atoms with Crippen LogP contribution in [-0.4, -0.2) is 108 Å². The molecule has 2 fully saturated rings. The fourth-order valence-electron chi connectivity index (χ4n) is 5.74. The van der Waals surface area contributed by atoms with Crippen LogP contribution in [0.5, 0.6) is 5.75 Å². The molecule has 3 rings (SSSR count). The van der Waals surface area contributed by atoms with E-state index in [1.807, 2.05) is 12.2 Å². The summed E-state index contributed by atoms with van der Waals surface area (Å²) in [6.45, 7) is 5.29. The number of benzene rings is 1. The van der Waals surface area contributed by atoms with Crippen molar-refractivity contribution >= 4 is 5.91 Å². The van der Waals surface area contributed by atoms with E-state index >= 15 is 0 Å². The standard InChI is InChI=1S/C32H48F2N4O7/c33-32(34,25-44-26-10-4-3-5-11-26)15-14-28-27(29(39)24-30(28)40)12-6-1-2-7-13-31(41)35-16-8-17-36-19-21-37(22-20-36)18-9-23-45-38(42)43/h1,3-6,10-11,14-15,27-30,39-40H,2,7-9,12-13,16-25H2,(H,35,41)/b6-1-,15-14+/t27-,28-,29+,30-/m1/s1. The zero-order valence-corrected chi connectivity index (χ0v) is 25.9. The summed E-state index contributed by atoms with van der Waals surface area (Å²) in [5.41, 5.74) is 0. The third-order valence-electron chi connectivity index (χ3n) is 8.26. The monoisotopic (exact) mass is 638 g/mol. The highest BCUT2D eigenvalue weighted by molar-refractivity contribution is 5.75. The van der Waals surface area contributed by atoms with Gasteiger partial charge in [0.25, 0.3) is 11.0 Å². The number of allylic oxidation sites excluding steroid dienone is 2. The lowest BCUT2D eigenvalue weighted by molar-refractivity contribution is -0.757. The fourth-order valence-corrected chi connectivity index (χ4v) is 5.74. The lowest BCUT2D eigenvalue weighted by Gasteiger charge is -2.34. The molecule has 11 nitrogen and oxygen atoms in total. The molecule has 0 unspecified atom stereocenters. The summed E-state index contributed by atoms with van der Waals surface area (Å²) in [7, 11) is 0. The summed E-state index contributed by atoms with van der Waals surface area (Å²) in [6, 6.07) is 8.38. The molecule has 1 saturated carbocycles. The van der Waals surface area contributed by atoms with Crippen LogP contribution >= 0.6 is 0 Å². The van der Waals surface area contributed by atoms with Gasteiger partial charge >= 0.3 is 0 Å². The third-order valence-corrected chi connectivity index (χ3v) is 8.26. The highest BCUT2D eigenvalue weighted by Gasteiger charge is 2.40. The van der Waals surface area contributed by atoms with E-state index in [9.17, 15) is 33.9 Å². The number of para-hydroxylation sites is 1. The van der Waals surface area contributed by atoms with Gasteiger partial charge in [-0.2, -0.15) is 8.78 Å². The molecule has 0 bridgehead atoms. The molecule has 1 aliphatic heterocycles. The van der Waals surface area contributed by atoms with Crippen LogP contribution < -0.4 is 10.1 Å². The number of hydrogen-bond acceptors (Lipinski definition) is 9. The number of carbonyl (C=O) groups is 1. The summed E-state index contributed by atoms with van der Waals surface area (Å²) in [4.78, 5) is 31.4. The van der Waals surface area contributed by atoms with Crippen molar-refractivity contribution in [1.82, 2.24) is 15.1 Å². The number of nitrogens with zero attached hydrogens (tertiary/aromatic N) is 3. The van der Waals surface area contributed by atoms with Gasteiger partial charge in [-0.15, -0.1) is 10.1 Å². The Bertz CT molecular complexity index is 1070. The molecule has 0 spiro atoms. The Hall–Kier alpha value is -3.13. The first-order valence-electron chi connectivity index (χ1n) is 15.9. The van der Waals surface area contributed by atoms with Crippen molar-refractivity contribution in [3.63, 3.8) is 0 Å². The number of alkyl halides is 2. The van der Waals surface area contributed by atoms with Crippen molar-refractivity contribution < 1.29 is 38.4 Å². The van der Waals surface area contributed by atoms with Gasteiger partial charge in [-0.25, -0.2) is 0 Å². The van der Waals surface area contributed by atoms with Gasteiger partial charge in [-0.3, -0.25) is 4.79 Å². The average molecular weight is 639 g/mol. The maximum atomic E-state index is 14.4. The summed E-state index contributed by atoms with van der Waals surface area (Å²) >= 11 is 0. The van der Waals surface area contributed by atoms with E-state index in [1.165, 1.54) is 6.08 Å². The van der Waals surface area contributed by atoms with Gasteiger partial charge in [0.2, 0.25) is 5.91 Å². The fraction of sp³-hybridized carbons (Fsp3) is 0.656. The number of unbranched alkanes of at least 4 members (excludes halogenated alkanes) is 1. The quantitative estimate of drug-likeness (QED) is 0.0849. The number of halogens is 2. The molecule has 1 saturated heterocycles. The van der Waals surface area contributed by atoms with Crippen LogP contribution in [0.2, 0.25) is 0 Å². The Morgan fingerprint density at radius 2 is 1.73 bits per heavy atom. The average Bonchev–Trinajstić information content (AvgIpc) is 3.29. The second kappa shape index (κ2) is 19.4. The number of rotatable bonds is 20. The Labute approximate surface area is 264 Å². The maximum absolute atomic E-state index is 14.4. The smallest absolute Gasteiger partial charge is 0.299 e. The Balaban J connectivity index is 1.24. The molecule has 1 aromatic carbocycles. The van der Waals surface area contributed by atoms with Gasteiger partial charge in [-0.05, 0) is 62.8 Å². The van der Waals surface area contributed by atoms with Crippen LogP contribution in [0.3, 0.4) is 0 Å². The highest BCUT2D eigenvalue weighted by Crippen LogP contribution is 2.37. The predicted molar refractivity (Wildman–Crippen MR) is 165 cm³/mol. The van der Waals surface area contributed by atoms with Gasteiger partial charge in [0.05, 0.1) is 18.8 Å². The minimum absolute atomic E-state index is 0.00173. The van der Waals surface area contributed by atoms with Crippen molar-refractivity contribution in [2.24, 2.45) is 11.8 Å². The number of carbonyl (C=O) groups excluding carboxylic acids is 1. The van der Waals surface area contributed by atoms with Crippen LogP contribution in [0.1, 0.15) is 44.9 Å². The molecule has 45 heavy (non-hydrogen) atoms. The summed E-state index contributed by atoms with van der Waals surface area (Å²) in [5.74, 6) is -3.84. The van der Waals surface area contributed by atoms with E-state index in [1.54, 1.807) is 30.3 Å². The summed E-state index contributed by atoms with van der Waals surface area (Å²) in [6.07, 6.45) is 8.03. The molecule has 1 amide bonds. The van der Waals surface area contributed by atoms with Crippen LogP contribution in [0, 0.1) is 22.0 Å². The maximum Gasteiger partial charge on any atom is 0.299 e. The minimum Gasteiger partial charge on any atom is -0.487 e. The predicted octanol–water partition coefficient (Wildman–Crippen LogP) is 3.45. The number of aliphatic hydroxyl groups is 2. The lowest BCUT2D eigenvalue weighted by Crippen LogP contribution is -2.47. The Morgan fingerprint density at radius 3 is 2.42 bits per heavy atom. The molecule has 2 aliphatic rings. The number of amides is 1. The molecule has 0 radical (unpaired) electrons. The summed E-state index contributed by atoms with van der Waals surface area (Å²) in [5, 5.41) is 33.2. The van der Waals surface area contributed by atoms with Crippen molar-refractivity contribution in [3.8, 4) is 5.75 Å². The van der Waals surface area contributed by atoms with E-state index in [4.69, 9.17) is 4.74 Å². The van der Waals surface area contributed by atoms with E-state index in [0.29, 0.717) is 44.4 Å². The van der Waals surface area contributed by atoms with Crippen LogP contribution in [-0.2, 0) is 9.63 Å². The van der Waals surface area contributed by atoms with E-state index in [-0.39, 0.29) is 24.9 Å². The van der Waals surface area contributed by atoms with Gasteiger partial charge in [0.15, 0.2) is 6.61 Å². The van der Waals surface area contributed by atoms with Crippen LogP contribution in [0.15, 0.2) is 54.6 Å². The van der Waals surface area contributed by atoms with E-state index in [2.05, 4.69) is 20.0 Å². The van der Waals surface area contributed by atoms with Crippen LogP contribution in [0.4, 0.5) is 8.78 Å². The molecule has 13 heteroatoms. The van der Waals surface area contributed by atoms with Gasteiger partial charge in [0, 0.05) is 58.0 Å². The minimum atomic E-state index is -3.22. The Kier molecular flexibility index (Phi) is 15.7. The topological polar surface area (TPSA) is 138 Å². The van der Waals surface area contributed by atoms with Crippen molar-refractivity contribution in [2.45, 2.75) is 63.1 Å². The highest BCUT2D eigenvalue weighted by atomic mass is 19.3. The molecule has 3 N–H and O–H groups in total. The van der Waals surface area contributed by atoms with E-state index in [0.717, 1.165) is 51.8 Å². The molecule has 252 valence electrons. The molecule has 1 heterocycles. The van der Waals surface area contributed by atoms with Gasteiger partial charge in [-0.1, -0.05) is 36.4 Å². The second-order valence-corrected chi connectivity index (χ2v) is 11.7. The SMILES string of the molecule is O=C(CCC/C=C\C[C@@H]1[C@@H](/C=C/C(F)(F)COc2ccccc2)[C@H](O)C[C@@H]1O)NCCCN1CCN(CCCO[N+](=O)[O-])CC1. The van der Waals surface area contributed by atoms with Crippen molar-refractivity contribution in [2.75, 3.05) is 59.0 Å². The summed E-state index contributed by atoms with van der Waals surface area (Å²) < 4.78 is 34.0. The van der Waals surface area contributed by atoms with Gasteiger partial charge in [0.1, 0.15) is 5.75 Å². The van der Waals surface area contributed by atoms with Crippen LogP contribution in [0.25, 0.3) is 0 Å². The molecular formula is C32H48F2N4O7. The normalized spacial score (nSPS) is 23.1. The van der Waals surface area contributed by atoms with E-state index < -0.39 is 35.7 Å². The largest absolute Gasteiger partial charge is 0.487 e. The number of nitrogens with one attached hydrogen (secondary N) is 1. The second-order valence-electron chi connectivity index (χ2n) is 11.7. The first-order chi connectivity index (χ1) is 21.6. The molecule has 0 aromatic heterocycles. The zero-order chi connectivity index (χ0) is 32.5. The first-order valence-corrected chi connectivity index (χ1v) is 15.9. The number of aliphatic hydroxyl groups excluding tert-OH is 2. The molecular weight excluding hydrogens is 590 g/mol. The van der Waals surface area contributed by atoms with Crippen molar-refractivity contribution in [1.29, 1.82) is 0 Å². The number of ether oxygens (including phenoxy) is 1. The third kappa shape index (κ3) is 14.2.